The number of hydrogen-bond donors (Lipinski definition) is 1. The second-order valence-electron chi connectivity index (χ2n) is 4.21. The molecule has 0 heterocycles. The first-order valence-electron chi connectivity index (χ1n) is 5.65. The molecule has 0 aliphatic rings. The third-order valence-electron chi connectivity index (χ3n) is 2.75. The molecule has 112 valence electrons. The molecule has 2 aromatic carbocycles. The summed E-state index contributed by atoms with van der Waals surface area (Å²) in [6, 6.07) is 5.43. The van der Waals surface area contributed by atoms with Crippen LogP contribution in [-0.4, -0.2) is 8.42 Å². The van der Waals surface area contributed by atoms with Crippen LogP contribution in [0.5, 0.6) is 0 Å². The molecule has 0 aromatic heterocycles. The Balaban J connectivity index is 2.50. The van der Waals surface area contributed by atoms with Crippen LogP contribution in [0.1, 0.15) is 5.56 Å². The van der Waals surface area contributed by atoms with E-state index in [1.165, 1.54) is 13.0 Å². The van der Waals surface area contributed by atoms with Gasteiger partial charge in [-0.15, -0.1) is 0 Å². The zero-order valence-electron chi connectivity index (χ0n) is 10.6. The first kappa shape index (κ1) is 16.1. The molecule has 0 saturated heterocycles. The largest absolute Gasteiger partial charge is 0.274 e. The third-order valence-corrected chi connectivity index (χ3v) is 4.87. The van der Waals surface area contributed by atoms with E-state index in [1.54, 1.807) is 22.6 Å². The minimum absolute atomic E-state index is 0.128. The van der Waals surface area contributed by atoms with Gasteiger partial charge in [-0.2, -0.15) is 0 Å². The molecule has 2 aromatic rings. The molecule has 0 aliphatic heterocycles. The summed E-state index contributed by atoms with van der Waals surface area (Å²) in [6.45, 7) is 1.27. The molecule has 21 heavy (non-hydrogen) atoms. The maximum Gasteiger partial charge on any atom is 0.262 e. The summed E-state index contributed by atoms with van der Waals surface area (Å²) in [6.07, 6.45) is 0. The summed E-state index contributed by atoms with van der Waals surface area (Å²) in [7, 11) is -4.30. The van der Waals surface area contributed by atoms with Gasteiger partial charge in [-0.25, -0.2) is 21.6 Å². The van der Waals surface area contributed by atoms with Crippen LogP contribution in [0.2, 0.25) is 0 Å². The van der Waals surface area contributed by atoms with Crippen molar-refractivity contribution in [2.24, 2.45) is 0 Å². The first-order chi connectivity index (χ1) is 9.72. The quantitative estimate of drug-likeness (QED) is 0.758. The molecular weight excluding hydrogens is 418 g/mol. The molecule has 1 N–H and O–H groups in total. The van der Waals surface area contributed by atoms with E-state index in [9.17, 15) is 21.6 Å². The maximum absolute atomic E-state index is 13.7. The van der Waals surface area contributed by atoms with E-state index in [-0.39, 0.29) is 14.0 Å². The smallest absolute Gasteiger partial charge is 0.262 e. The minimum Gasteiger partial charge on any atom is -0.274 e. The van der Waals surface area contributed by atoms with E-state index in [4.69, 9.17) is 0 Å². The summed E-state index contributed by atoms with van der Waals surface area (Å²) in [5.74, 6) is -2.81. The standard InChI is InChI=1S/C13H9F3INO2S/c1-7-9(14)3-2-4-12(7)21(19,20)18-13-10(15)5-8(17)6-11(13)16/h2-6,18H,1H3. The lowest BCUT2D eigenvalue weighted by Gasteiger charge is -2.12. The molecule has 0 spiro atoms. The Kier molecular flexibility index (Phi) is 4.47. The van der Waals surface area contributed by atoms with Crippen molar-refractivity contribution in [1.29, 1.82) is 0 Å². The highest BCUT2D eigenvalue weighted by atomic mass is 127. The van der Waals surface area contributed by atoms with Gasteiger partial charge in [-0.1, -0.05) is 6.07 Å². The SMILES string of the molecule is Cc1c(F)cccc1S(=O)(=O)Nc1c(F)cc(I)cc1F. The number of rotatable bonds is 3. The molecule has 0 aliphatic carbocycles. The molecule has 0 unspecified atom stereocenters. The molecule has 3 nitrogen and oxygen atoms in total. The van der Waals surface area contributed by atoms with Crippen molar-refractivity contribution >= 4 is 38.3 Å². The number of halogens is 4. The summed E-state index contributed by atoms with van der Waals surface area (Å²) in [5.41, 5.74) is -0.921. The van der Waals surface area contributed by atoms with Crippen molar-refractivity contribution in [3.05, 3.63) is 56.9 Å². The fourth-order valence-corrected chi connectivity index (χ4v) is 3.59. The van der Waals surface area contributed by atoms with Gasteiger partial charge in [0.1, 0.15) is 11.5 Å². The number of sulfonamides is 1. The topological polar surface area (TPSA) is 46.2 Å². The fraction of sp³-hybridized carbons (Fsp3) is 0.0769. The Hall–Kier alpha value is -1.29. The van der Waals surface area contributed by atoms with Gasteiger partial charge in [-0.3, -0.25) is 4.72 Å². The Morgan fingerprint density at radius 1 is 1.05 bits per heavy atom. The van der Waals surface area contributed by atoms with E-state index >= 15 is 0 Å². The molecule has 2 rings (SSSR count). The lowest BCUT2D eigenvalue weighted by atomic mass is 10.2. The molecule has 0 atom stereocenters. The number of benzene rings is 2. The van der Waals surface area contributed by atoms with Gasteiger partial charge in [0.15, 0.2) is 11.6 Å². The lowest BCUT2D eigenvalue weighted by molar-refractivity contribution is 0.579. The van der Waals surface area contributed by atoms with Gasteiger partial charge < -0.3 is 0 Å². The van der Waals surface area contributed by atoms with Crippen LogP contribution < -0.4 is 4.72 Å². The van der Waals surface area contributed by atoms with Gasteiger partial charge in [0, 0.05) is 9.13 Å². The van der Waals surface area contributed by atoms with Crippen molar-refractivity contribution in [2.45, 2.75) is 11.8 Å². The van der Waals surface area contributed by atoms with Crippen LogP contribution in [0.25, 0.3) is 0 Å². The van der Waals surface area contributed by atoms with Crippen molar-refractivity contribution < 1.29 is 21.6 Å². The zero-order chi connectivity index (χ0) is 15.8. The fourth-order valence-electron chi connectivity index (χ4n) is 1.71. The van der Waals surface area contributed by atoms with E-state index in [2.05, 4.69) is 0 Å². The highest BCUT2D eigenvalue weighted by Crippen LogP contribution is 2.26. The normalized spacial score (nSPS) is 11.5. The molecule has 0 bridgehead atoms. The van der Waals surface area contributed by atoms with E-state index in [0.29, 0.717) is 0 Å². The second-order valence-corrected chi connectivity index (χ2v) is 7.11. The van der Waals surface area contributed by atoms with E-state index < -0.39 is 33.2 Å². The van der Waals surface area contributed by atoms with Gasteiger partial charge in [0.05, 0.1) is 4.90 Å². The number of anilines is 1. The lowest BCUT2D eigenvalue weighted by Crippen LogP contribution is -2.17. The van der Waals surface area contributed by atoms with Crippen LogP contribution in [0.4, 0.5) is 18.9 Å². The van der Waals surface area contributed by atoms with Gasteiger partial charge >= 0.3 is 0 Å². The number of nitrogens with one attached hydrogen (secondary N) is 1. The highest BCUT2D eigenvalue weighted by Gasteiger charge is 2.22. The average molecular weight is 427 g/mol. The van der Waals surface area contributed by atoms with Crippen LogP contribution in [0.3, 0.4) is 0 Å². The first-order valence-corrected chi connectivity index (χ1v) is 8.21. The van der Waals surface area contributed by atoms with Crippen molar-refractivity contribution in [3.8, 4) is 0 Å². The average Bonchev–Trinajstić information content (AvgIpc) is 2.37. The van der Waals surface area contributed by atoms with Gasteiger partial charge in [0.2, 0.25) is 0 Å². The summed E-state index contributed by atoms with van der Waals surface area (Å²) >= 11 is 1.70. The van der Waals surface area contributed by atoms with Crippen LogP contribution in [0, 0.1) is 27.9 Å². The monoisotopic (exact) mass is 427 g/mol. The molecule has 0 amide bonds. The second kappa shape index (κ2) is 5.84. The van der Waals surface area contributed by atoms with Gasteiger partial charge in [-0.05, 0) is 53.8 Å². The number of hydrogen-bond acceptors (Lipinski definition) is 2. The Morgan fingerprint density at radius 2 is 1.62 bits per heavy atom. The Bertz CT molecular complexity index is 786. The summed E-state index contributed by atoms with van der Waals surface area (Å²) in [5, 5.41) is 0. The molecule has 0 saturated carbocycles. The maximum atomic E-state index is 13.7. The molecule has 0 fully saturated rings. The predicted molar refractivity (Wildman–Crippen MR) is 81.0 cm³/mol. The third kappa shape index (κ3) is 3.31. The zero-order valence-corrected chi connectivity index (χ0v) is 13.6. The molecular formula is C13H9F3INO2S. The van der Waals surface area contributed by atoms with Crippen LogP contribution >= 0.6 is 22.6 Å². The predicted octanol–water partition coefficient (Wildman–Crippen LogP) is 3.82. The van der Waals surface area contributed by atoms with Crippen molar-refractivity contribution in [1.82, 2.24) is 0 Å². The molecule has 8 heteroatoms. The van der Waals surface area contributed by atoms with Crippen LogP contribution in [0.15, 0.2) is 35.2 Å². The van der Waals surface area contributed by atoms with Gasteiger partial charge in [0.25, 0.3) is 10.0 Å². The minimum atomic E-state index is -4.30. The molecule has 0 radical (unpaired) electrons. The Labute approximate surface area is 133 Å². The van der Waals surface area contributed by atoms with Crippen LogP contribution in [-0.2, 0) is 10.0 Å². The van der Waals surface area contributed by atoms with Crippen molar-refractivity contribution in [2.75, 3.05) is 4.72 Å². The Morgan fingerprint density at radius 3 is 2.19 bits per heavy atom. The van der Waals surface area contributed by atoms with Crippen molar-refractivity contribution in [3.63, 3.8) is 0 Å². The van der Waals surface area contributed by atoms with E-state index in [1.807, 2.05) is 4.72 Å². The van der Waals surface area contributed by atoms with E-state index in [0.717, 1.165) is 24.3 Å². The highest BCUT2D eigenvalue weighted by molar-refractivity contribution is 14.1. The summed E-state index contributed by atoms with van der Waals surface area (Å²) in [4.78, 5) is -0.375. The summed E-state index contributed by atoms with van der Waals surface area (Å²) < 4.78 is 67.2.